The molecule has 0 radical (unpaired) electrons. The van der Waals surface area contributed by atoms with E-state index in [4.69, 9.17) is 11.6 Å². The second kappa shape index (κ2) is 8.02. The SMILES string of the molecule is C[C@@H]1CCCN(S(=O)(=O)c2ccc(C(=O)Nc3ccc(Cl)c4ncsc34)cc2)C1. The largest absolute Gasteiger partial charge is 0.321 e. The van der Waals surface area contributed by atoms with Crippen molar-refractivity contribution in [3.63, 3.8) is 0 Å². The van der Waals surface area contributed by atoms with Crippen LogP contribution in [0.4, 0.5) is 5.69 Å². The van der Waals surface area contributed by atoms with E-state index >= 15 is 0 Å². The van der Waals surface area contributed by atoms with Crippen LogP contribution in [0.15, 0.2) is 46.8 Å². The molecule has 1 N–H and O–H groups in total. The maximum atomic E-state index is 12.9. The first-order valence-electron chi connectivity index (χ1n) is 9.29. The maximum absolute atomic E-state index is 12.9. The number of benzene rings is 2. The van der Waals surface area contributed by atoms with Crippen molar-refractivity contribution in [3.05, 3.63) is 52.5 Å². The van der Waals surface area contributed by atoms with Crippen LogP contribution in [0.1, 0.15) is 30.1 Å². The number of rotatable bonds is 4. The molecular formula is C20H20ClN3O3S2. The molecule has 1 saturated heterocycles. The highest BCUT2D eigenvalue weighted by Gasteiger charge is 2.28. The van der Waals surface area contributed by atoms with Crippen molar-refractivity contribution in [2.24, 2.45) is 5.92 Å². The van der Waals surface area contributed by atoms with Crippen LogP contribution in [0.2, 0.25) is 5.02 Å². The number of carbonyl (C=O) groups excluding carboxylic acids is 1. The molecule has 2 aromatic carbocycles. The van der Waals surface area contributed by atoms with Gasteiger partial charge in [-0.25, -0.2) is 13.4 Å². The summed E-state index contributed by atoms with van der Waals surface area (Å²) < 4.78 is 28.0. The van der Waals surface area contributed by atoms with Crippen LogP contribution in [0.25, 0.3) is 10.2 Å². The van der Waals surface area contributed by atoms with Crippen LogP contribution in [0.5, 0.6) is 0 Å². The van der Waals surface area contributed by atoms with E-state index in [1.54, 1.807) is 17.6 Å². The molecule has 0 saturated carbocycles. The van der Waals surface area contributed by atoms with E-state index in [1.165, 1.54) is 39.9 Å². The van der Waals surface area contributed by atoms with Gasteiger partial charge >= 0.3 is 0 Å². The van der Waals surface area contributed by atoms with Gasteiger partial charge in [0.15, 0.2) is 0 Å². The molecule has 0 bridgehead atoms. The van der Waals surface area contributed by atoms with Crippen molar-refractivity contribution in [1.82, 2.24) is 9.29 Å². The van der Waals surface area contributed by atoms with Gasteiger partial charge in [-0.2, -0.15) is 4.31 Å². The Hall–Kier alpha value is -2.00. The first-order chi connectivity index (χ1) is 13.9. The van der Waals surface area contributed by atoms with Gasteiger partial charge in [-0.15, -0.1) is 11.3 Å². The van der Waals surface area contributed by atoms with Gasteiger partial charge in [0.25, 0.3) is 5.91 Å². The summed E-state index contributed by atoms with van der Waals surface area (Å²) in [6.07, 6.45) is 1.91. The zero-order valence-electron chi connectivity index (χ0n) is 15.8. The fourth-order valence-corrected chi connectivity index (χ4v) is 6.15. The monoisotopic (exact) mass is 449 g/mol. The molecule has 1 fully saturated rings. The molecular weight excluding hydrogens is 430 g/mol. The molecule has 4 rings (SSSR count). The van der Waals surface area contributed by atoms with E-state index in [2.05, 4.69) is 17.2 Å². The summed E-state index contributed by atoms with van der Waals surface area (Å²) >= 11 is 7.52. The summed E-state index contributed by atoms with van der Waals surface area (Å²) in [7, 11) is -3.54. The molecule has 152 valence electrons. The number of nitrogens with zero attached hydrogens (tertiary/aromatic N) is 2. The average Bonchev–Trinajstić information content (AvgIpc) is 3.21. The minimum Gasteiger partial charge on any atom is -0.321 e. The Morgan fingerprint density at radius 1 is 1.24 bits per heavy atom. The molecule has 2 heterocycles. The van der Waals surface area contributed by atoms with E-state index in [0.717, 1.165) is 17.5 Å². The third-order valence-corrected chi connectivity index (χ3v) is 8.10. The Bertz CT molecular complexity index is 1160. The molecule has 3 aromatic rings. The zero-order valence-corrected chi connectivity index (χ0v) is 18.1. The predicted molar refractivity (Wildman–Crippen MR) is 116 cm³/mol. The summed E-state index contributed by atoms with van der Waals surface area (Å²) in [4.78, 5) is 17.1. The summed E-state index contributed by atoms with van der Waals surface area (Å²) in [5, 5.41) is 3.38. The summed E-state index contributed by atoms with van der Waals surface area (Å²) in [6.45, 7) is 3.13. The van der Waals surface area contributed by atoms with Crippen LogP contribution in [0, 0.1) is 5.92 Å². The van der Waals surface area contributed by atoms with E-state index in [0.29, 0.717) is 40.8 Å². The number of amides is 1. The van der Waals surface area contributed by atoms with Crippen molar-refractivity contribution in [1.29, 1.82) is 0 Å². The number of piperidine rings is 1. The second-order valence-corrected chi connectivity index (χ2v) is 10.4. The smallest absolute Gasteiger partial charge is 0.255 e. The quantitative estimate of drug-likeness (QED) is 0.630. The Morgan fingerprint density at radius 3 is 2.72 bits per heavy atom. The van der Waals surface area contributed by atoms with Crippen molar-refractivity contribution < 1.29 is 13.2 Å². The fourth-order valence-electron chi connectivity index (χ4n) is 3.50. The van der Waals surface area contributed by atoms with Gasteiger partial charge in [-0.1, -0.05) is 18.5 Å². The summed E-state index contributed by atoms with van der Waals surface area (Å²) in [6, 6.07) is 9.48. The molecule has 1 aliphatic heterocycles. The standard InChI is InChI=1S/C20H20ClN3O3S2/c1-13-3-2-10-24(11-13)29(26,27)15-6-4-14(5-7-15)20(25)23-17-9-8-16(21)18-19(17)28-12-22-18/h4-9,12-13H,2-3,10-11H2,1H3,(H,23,25)/t13-/m1/s1. The third-order valence-electron chi connectivity index (χ3n) is 5.06. The van der Waals surface area contributed by atoms with Crippen molar-refractivity contribution in [2.45, 2.75) is 24.7 Å². The maximum Gasteiger partial charge on any atom is 0.255 e. The first-order valence-corrected chi connectivity index (χ1v) is 12.0. The summed E-state index contributed by atoms with van der Waals surface area (Å²) in [5.41, 5.74) is 3.32. The van der Waals surface area contributed by atoms with Gasteiger partial charge in [-0.05, 0) is 55.2 Å². The average molecular weight is 450 g/mol. The molecule has 1 aliphatic rings. The zero-order chi connectivity index (χ0) is 20.6. The molecule has 9 heteroatoms. The predicted octanol–water partition coefficient (Wildman–Crippen LogP) is 4.62. The number of anilines is 1. The van der Waals surface area contributed by atoms with E-state index in [9.17, 15) is 13.2 Å². The van der Waals surface area contributed by atoms with Crippen LogP contribution in [-0.4, -0.2) is 36.7 Å². The fraction of sp³-hybridized carbons (Fsp3) is 0.300. The molecule has 1 amide bonds. The van der Waals surface area contributed by atoms with E-state index in [1.807, 2.05) is 0 Å². The lowest BCUT2D eigenvalue weighted by molar-refractivity contribution is 0.102. The highest BCUT2D eigenvalue weighted by molar-refractivity contribution is 7.89. The number of fused-ring (bicyclic) bond motifs is 1. The van der Waals surface area contributed by atoms with Gasteiger partial charge in [0, 0.05) is 18.7 Å². The Balaban J connectivity index is 1.53. The molecule has 6 nitrogen and oxygen atoms in total. The molecule has 29 heavy (non-hydrogen) atoms. The number of carbonyl (C=O) groups is 1. The van der Waals surface area contributed by atoms with Crippen molar-refractivity contribution in [2.75, 3.05) is 18.4 Å². The highest BCUT2D eigenvalue weighted by atomic mass is 35.5. The lowest BCUT2D eigenvalue weighted by Gasteiger charge is -2.30. The van der Waals surface area contributed by atoms with Crippen LogP contribution in [0.3, 0.4) is 0 Å². The van der Waals surface area contributed by atoms with Gasteiger partial charge < -0.3 is 5.32 Å². The lowest BCUT2D eigenvalue weighted by Crippen LogP contribution is -2.39. The van der Waals surface area contributed by atoms with Crippen LogP contribution >= 0.6 is 22.9 Å². The number of hydrogen-bond acceptors (Lipinski definition) is 5. The minimum absolute atomic E-state index is 0.208. The number of hydrogen-bond donors (Lipinski definition) is 1. The number of nitrogens with one attached hydrogen (secondary N) is 1. The van der Waals surface area contributed by atoms with Gasteiger partial charge in [-0.3, -0.25) is 4.79 Å². The Labute approximate surface area is 178 Å². The normalized spacial score (nSPS) is 18.1. The topological polar surface area (TPSA) is 79.4 Å². The van der Waals surface area contributed by atoms with Crippen molar-refractivity contribution >= 4 is 54.8 Å². The molecule has 1 aromatic heterocycles. The number of halogens is 1. The van der Waals surface area contributed by atoms with Crippen LogP contribution < -0.4 is 5.32 Å². The molecule has 1 atom stereocenters. The molecule has 0 aliphatic carbocycles. The van der Waals surface area contributed by atoms with Crippen LogP contribution in [-0.2, 0) is 10.0 Å². The molecule has 0 unspecified atom stereocenters. The van der Waals surface area contributed by atoms with Gasteiger partial charge in [0.05, 0.1) is 25.8 Å². The minimum atomic E-state index is -3.54. The van der Waals surface area contributed by atoms with E-state index < -0.39 is 10.0 Å². The first kappa shape index (κ1) is 20.3. The van der Waals surface area contributed by atoms with Gasteiger partial charge in [0.1, 0.15) is 5.52 Å². The van der Waals surface area contributed by atoms with Gasteiger partial charge in [0.2, 0.25) is 10.0 Å². The second-order valence-electron chi connectivity index (χ2n) is 7.21. The van der Waals surface area contributed by atoms with Crippen molar-refractivity contribution in [3.8, 4) is 0 Å². The number of aromatic nitrogens is 1. The number of sulfonamides is 1. The van der Waals surface area contributed by atoms with E-state index in [-0.39, 0.29) is 10.8 Å². The lowest BCUT2D eigenvalue weighted by atomic mass is 10.0. The Morgan fingerprint density at radius 2 is 2.00 bits per heavy atom. The number of thiazole rings is 1. The molecule has 0 spiro atoms. The highest BCUT2D eigenvalue weighted by Crippen LogP contribution is 2.32. The Kier molecular flexibility index (Phi) is 5.61. The third kappa shape index (κ3) is 4.02. The summed E-state index contributed by atoms with van der Waals surface area (Å²) in [5.74, 6) is 0.0316.